The van der Waals surface area contributed by atoms with Crippen molar-refractivity contribution in [3.05, 3.63) is 41.2 Å². The second-order valence-electron chi connectivity index (χ2n) is 3.99. The molecular formula is C11H12ClN3O2S. The number of halogens is 1. The molecular weight excluding hydrogens is 274 g/mol. The Morgan fingerprint density at radius 3 is 2.72 bits per heavy atom. The molecule has 0 spiro atoms. The summed E-state index contributed by atoms with van der Waals surface area (Å²) in [5, 5.41) is 4.55. The molecule has 96 valence electrons. The Balaban J connectivity index is 2.27. The molecule has 18 heavy (non-hydrogen) atoms. The van der Waals surface area contributed by atoms with Gasteiger partial charge in [-0.1, -0.05) is 17.7 Å². The van der Waals surface area contributed by atoms with Crippen molar-refractivity contribution in [1.29, 1.82) is 0 Å². The molecule has 5 nitrogen and oxygen atoms in total. The maximum atomic E-state index is 11.3. The van der Waals surface area contributed by atoms with Crippen LogP contribution in [0.3, 0.4) is 0 Å². The van der Waals surface area contributed by atoms with Crippen LogP contribution in [0.1, 0.15) is 5.56 Å². The molecule has 0 atom stereocenters. The van der Waals surface area contributed by atoms with Gasteiger partial charge in [0.05, 0.1) is 12.7 Å². The molecule has 0 aliphatic rings. The predicted octanol–water partition coefficient (Wildman–Crippen LogP) is 1.57. The fraction of sp³-hybridized carbons (Fsp3) is 0.182. The van der Waals surface area contributed by atoms with Crippen LogP contribution >= 0.6 is 11.6 Å². The predicted molar refractivity (Wildman–Crippen MR) is 70.3 cm³/mol. The zero-order valence-electron chi connectivity index (χ0n) is 9.67. The monoisotopic (exact) mass is 285 g/mol. The molecule has 0 radical (unpaired) electrons. The van der Waals surface area contributed by atoms with Crippen LogP contribution in [0.5, 0.6) is 0 Å². The number of sulfone groups is 1. The van der Waals surface area contributed by atoms with Crippen molar-refractivity contribution < 1.29 is 8.42 Å². The van der Waals surface area contributed by atoms with Gasteiger partial charge < -0.3 is 5.73 Å². The van der Waals surface area contributed by atoms with Crippen LogP contribution in [0.4, 0.5) is 5.69 Å². The molecule has 0 saturated carbocycles. The van der Waals surface area contributed by atoms with Gasteiger partial charge in [-0.05, 0) is 17.7 Å². The van der Waals surface area contributed by atoms with Gasteiger partial charge in [-0.2, -0.15) is 5.10 Å². The van der Waals surface area contributed by atoms with E-state index in [0.717, 1.165) is 11.8 Å². The fourth-order valence-corrected chi connectivity index (χ4v) is 2.24. The second-order valence-corrected chi connectivity index (χ2v) is 6.44. The van der Waals surface area contributed by atoms with Gasteiger partial charge in [-0.3, -0.25) is 4.68 Å². The average molecular weight is 286 g/mol. The van der Waals surface area contributed by atoms with Crippen LogP contribution in [0.25, 0.3) is 0 Å². The van der Waals surface area contributed by atoms with Crippen molar-refractivity contribution in [1.82, 2.24) is 9.78 Å². The fourth-order valence-electron chi connectivity index (χ4n) is 1.51. The van der Waals surface area contributed by atoms with Gasteiger partial charge in [-0.25, -0.2) is 8.42 Å². The minimum absolute atomic E-state index is 0.190. The van der Waals surface area contributed by atoms with E-state index in [-0.39, 0.29) is 4.90 Å². The lowest BCUT2D eigenvalue weighted by Gasteiger charge is -2.05. The van der Waals surface area contributed by atoms with Crippen molar-refractivity contribution in [3.63, 3.8) is 0 Å². The van der Waals surface area contributed by atoms with E-state index in [1.54, 1.807) is 18.2 Å². The summed E-state index contributed by atoms with van der Waals surface area (Å²) < 4.78 is 24.2. The van der Waals surface area contributed by atoms with Crippen LogP contribution in [-0.2, 0) is 16.4 Å². The summed E-state index contributed by atoms with van der Waals surface area (Å²) in [6.07, 6.45) is 3.94. The number of benzene rings is 1. The molecule has 1 heterocycles. The summed E-state index contributed by atoms with van der Waals surface area (Å²) in [6, 6.07) is 5.17. The van der Waals surface area contributed by atoms with Gasteiger partial charge in [0.2, 0.25) is 0 Å². The standard InChI is InChI=1S/C11H12ClN3O2S/c1-18(16,17)10-5-14-15(7-10)6-8-2-3-9(12)4-11(8)13/h2-5,7H,6,13H2,1H3. The van der Waals surface area contributed by atoms with Crippen molar-refractivity contribution in [3.8, 4) is 0 Å². The quantitative estimate of drug-likeness (QED) is 0.868. The number of nitrogens with zero attached hydrogens (tertiary/aromatic N) is 2. The molecule has 2 rings (SSSR count). The smallest absolute Gasteiger partial charge is 0.178 e. The summed E-state index contributed by atoms with van der Waals surface area (Å²) in [5.74, 6) is 0. The third kappa shape index (κ3) is 2.83. The number of rotatable bonds is 3. The van der Waals surface area contributed by atoms with Gasteiger partial charge in [0.1, 0.15) is 4.90 Å². The largest absolute Gasteiger partial charge is 0.398 e. The van der Waals surface area contributed by atoms with Gasteiger partial charge in [-0.15, -0.1) is 0 Å². The molecule has 1 aromatic heterocycles. The average Bonchev–Trinajstić information content (AvgIpc) is 2.70. The van der Waals surface area contributed by atoms with E-state index in [0.29, 0.717) is 17.3 Å². The van der Waals surface area contributed by atoms with Gasteiger partial charge >= 0.3 is 0 Å². The zero-order valence-corrected chi connectivity index (χ0v) is 11.2. The van der Waals surface area contributed by atoms with Crippen molar-refractivity contribution in [2.75, 3.05) is 12.0 Å². The first-order chi connectivity index (χ1) is 8.36. The summed E-state index contributed by atoms with van der Waals surface area (Å²) in [7, 11) is -3.23. The number of aromatic nitrogens is 2. The highest BCUT2D eigenvalue weighted by molar-refractivity contribution is 7.90. The SMILES string of the molecule is CS(=O)(=O)c1cnn(Cc2ccc(Cl)cc2N)c1. The highest BCUT2D eigenvalue weighted by Gasteiger charge is 2.10. The van der Waals surface area contributed by atoms with Crippen LogP contribution in [0.15, 0.2) is 35.5 Å². The topological polar surface area (TPSA) is 78.0 Å². The van der Waals surface area contributed by atoms with Crippen molar-refractivity contribution in [2.24, 2.45) is 0 Å². The van der Waals surface area contributed by atoms with E-state index in [9.17, 15) is 8.42 Å². The zero-order chi connectivity index (χ0) is 13.3. The highest BCUT2D eigenvalue weighted by atomic mass is 35.5. The van der Waals surface area contributed by atoms with Crippen molar-refractivity contribution >= 4 is 27.1 Å². The number of hydrogen-bond donors (Lipinski definition) is 1. The third-order valence-electron chi connectivity index (χ3n) is 2.48. The van der Waals surface area contributed by atoms with Crippen LogP contribution in [0.2, 0.25) is 5.02 Å². The normalized spacial score (nSPS) is 11.7. The Morgan fingerprint density at radius 1 is 1.44 bits per heavy atom. The maximum absolute atomic E-state index is 11.3. The Labute approximate surface area is 110 Å². The number of nitrogen functional groups attached to an aromatic ring is 1. The molecule has 7 heteroatoms. The van der Waals surface area contributed by atoms with Gasteiger partial charge in [0.25, 0.3) is 0 Å². The Morgan fingerprint density at radius 2 is 2.17 bits per heavy atom. The minimum Gasteiger partial charge on any atom is -0.398 e. The highest BCUT2D eigenvalue weighted by Crippen LogP contribution is 2.19. The molecule has 0 amide bonds. The molecule has 1 aromatic carbocycles. The molecule has 0 bridgehead atoms. The van der Waals surface area contributed by atoms with E-state index in [2.05, 4.69) is 5.10 Å². The molecule has 2 aromatic rings. The molecule has 0 fully saturated rings. The van der Waals surface area contributed by atoms with E-state index >= 15 is 0 Å². The maximum Gasteiger partial charge on any atom is 0.178 e. The Bertz CT molecular complexity index is 679. The molecule has 0 aliphatic heterocycles. The summed E-state index contributed by atoms with van der Waals surface area (Å²) in [5.41, 5.74) is 7.21. The molecule has 0 unspecified atom stereocenters. The van der Waals surface area contributed by atoms with Crippen LogP contribution < -0.4 is 5.73 Å². The van der Waals surface area contributed by atoms with Gasteiger partial charge in [0.15, 0.2) is 9.84 Å². The first kappa shape index (κ1) is 12.9. The first-order valence-corrected chi connectivity index (χ1v) is 7.39. The molecule has 0 saturated heterocycles. The van der Waals surface area contributed by atoms with E-state index < -0.39 is 9.84 Å². The van der Waals surface area contributed by atoms with Crippen LogP contribution in [-0.4, -0.2) is 24.5 Å². The second kappa shape index (κ2) is 4.62. The van der Waals surface area contributed by atoms with Gasteiger partial charge in [0, 0.05) is 23.2 Å². The Hall–Kier alpha value is -1.53. The summed E-state index contributed by atoms with van der Waals surface area (Å²) in [4.78, 5) is 0.190. The molecule has 2 N–H and O–H groups in total. The minimum atomic E-state index is -3.23. The van der Waals surface area contributed by atoms with E-state index in [4.69, 9.17) is 17.3 Å². The van der Waals surface area contributed by atoms with Crippen molar-refractivity contribution in [2.45, 2.75) is 11.4 Å². The number of nitrogens with two attached hydrogens (primary N) is 1. The lowest BCUT2D eigenvalue weighted by Crippen LogP contribution is -2.03. The number of anilines is 1. The summed E-state index contributed by atoms with van der Waals surface area (Å²) >= 11 is 5.80. The first-order valence-electron chi connectivity index (χ1n) is 5.12. The van der Waals surface area contributed by atoms with E-state index in [1.165, 1.54) is 17.1 Å². The summed E-state index contributed by atoms with van der Waals surface area (Å²) in [6.45, 7) is 0.401. The Kier molecular flexibility index (Phi) is 3.32. The third-order valence-corrected chi connectivity index (χ3v) is 3.78. The van der Waals surface area contributed by atoms with Crippen LogP contribution in [0, 0.1) is 0 Å². The van der Waals surface area contributed by atoms with E-state index in [1.807, 2.05) is 0 Å². The molecule has 0 aliphatic carbocycles. The number of hydrogen-bond acceptors (Lipinski definition) is 4. The lowest BCUT2D eigenvalue weighted by atomic mass is 10.2. The lowest BCUT2D eigenvalue weighted by molar-refractivity contribution is 0.601.